The first kappa shape index (κ1) is 16.9. The fraction of sp³-hybridized carbons (Fsp3) is 0.500. The van der Waals surface area contributed by atoms with E-state index < -0.39 is 0 Å². The molecule has 0 radical (unpaired) electrons. The first-order valence-electron chi connectivity index (χ1n) is 5.73. The standard InChI is InChI=1S/C12H20N4O.HI/c1-5-7-14-12(13-6-2)15-8-11-16-9(3)10(4)17-11;/h5H,1,6-8H2,2-4H3,(H2,13,14,15);1H. The van der Waals surface area contributed by atoms with Crippen molar-refractivity contribution in [3.05, 3.63) is 30.0 Å². The van der Waals surface area contributed by atoms with Crippen LogP contribution in [0.2, 0.25) is 0 Å². The maximum Gasteiger partial charge on any atom is 0.216 e. The van der Waals surface area contributed by atoms with Crippen molar-refractivity contribution in [1.82, 2.24) is 15.6 Å². The zero-order valence-corrected chi connectivity index (χ0v) is 13.4. The molecule has 0 fully saturated rings. The maximum atomic E-state index is 5.45. The van der Waals surface area contributed by atoms with Gasteiger partial charge in [-0.2, -0.15) is 0 Å². The number of oxazole rings is 1. The van der Waals surface area contributed by atoms with Crippen LogP contribution in [-0.4, -0.2) is 24.0 Å². The van der Waals surface area contributed by atoms with Gasteiger partial charge in [-0.1, -0.05) is 6.08 Å². The molecule has 0 bridgehead atoms. The number of guanidine groups is 1. The third-order valence-corrected chi connectivity index (χ3v) is 2.20. The number of rotatable bonds is 5. The Labute approximate surface area is 125 Å². The second-order valence-corrected chi connectivity index (χ2v) is 3.61. The molecule has 18 heavy (non-hydrogen) atoms. The number of hydrogen-bond donors (Lipinski definition) is 2. The minimum Gasteiger partial charge on any atom is -0.444 e. The van der Waals surface area contributed by atoms with Crippen molar-refractivity contribution in [2.45, 2.75) is 27.3 Å². The van der Waals surface area contributed by atoms with Gasteiger partial charge in [0.25, 0.3) is 0 Å². The molecule has 6 heteroatoms. The number of halogens is 1. The van der Waals surface area contributed by atoms with Gasteiger partial charge in [0.2, 0.25) is 5.89 Å². The number of nitrogens with one attached hydrogen (secondary N) is 2. The Hall–Kier alpha value is -1.05. The van der Waals surface area contributed by atoms with Crippen LogP contribution in [0, 0.1) is 13.8 Å². The Morgan fingerprint density at radius 2 is 2.17 bits per heavy atom. The quantitative estimate of drug-likeness (QED) is 0.364. The van der Waals surface area contributed by atoms with Gasteiger partial charge in [0, 0.05) is 13.1 Å². The van der Waals surface area contributed by atoms with E-state index >= 15 is 0 Å². The zero-order chi connectivity index (χ0) is 12.7. The summed E-state index contributed by atoms with van der Waals surface area (Å²) in [7, 11) is 0. The van der Waals surface area contributed by atoms with Crippen LogP contribution in [-0.2, 0) is 6.54 Å². The van der Waals surface area contributed by atoms with E-state index in [0.29, 0.717) is 19.0 Å². The predicted molar refractivity (Wildman–Crippen MR) is 84.4 cm³/mol. The van der Waals surface area contributed by atoms with E-state index in [0.717, 1.165) is 24.0 Å². The molecule has 0 aromatic carbocycles. The second kappa shape index (κ2) is 8.96. The van der Waals surface area contributed by atoms with Crippen molar-refractivity contribution in [2.75, 3.05) is 13.1 Å². The normalized spacial score (nSPS) is 10.7. The summed E-state index contributed by atoms with van der Waals surface area (Å²) in [6.45, 7) is 11.4. The molecular formula is C12H21IN4O. The second-order valence-electron chi connectivity index (χ2n) is 3.61. The van der Waals surface area contributed by atoms with Crippen LogP contribution in [0.4, 0.5) is 0 Å². The molecule has 0 amide bonds. The molecule has 1 rings (SSSR count). The number of hydrogen-bond acceptors (Lipinski definition) is 3. The Morgan fingerprint density at radius 1 is 1.44 bits per heavy atom. The lowest BCUT2D eigenvalue weighted by Gasteiger charge is -2.08. The summed E-state index contributed by atoms with van der Waals surface area (Å²) in [5, 5.41) is 6.24. The lowest BCUT2D eigenvalue weighted by Crippen LogP contribution is -2.37. The van der Waals surface area contributed by atoms with Crippen molar-refractivity contribution in [2.24, 2.45) is 4.99 Å². The Balaban J connectivity index is 0.00000289. The molecule has 0 unspecified atom stereocenters. The van der Waals surface area contributed by atoms with Crippen LogP contribution in [0.3, 0.4) is 0 Å². The minimum atomic E-state index is 0. The smallest absolute Gasteiger partial charge is 0.216 e. The molecule has 0 aliphatic rings. The summed E-state index contributed by atoms with van der Waals surface area (Å²) < 4.78 is 5.45. The molecule has 0 saturated carbocycles. The summed E-state index contributed by atoms with van der Waals surface area (Å²) in [5.74, 6) is 2.22. The van der Waals surface area contributed by atoms with Crippen LogP contribution < -0.4 is 10.6 Å². The first-order valence-corrected chi connectivity index (χ1v) is 5.73. The van der Waals surface area contributed by atoms with Crippen LogP contribution in [0.25, 0.3) is 0 Å². The SMILES string of the molecule is C=CCNC(=NCc1nc(C)c(C)o1)NCC.I. The monoisotopic (exact) mass is 364 g/mol. The Morgan fingerprint density at radius 3 is 2.67 bits per heavy atom. The van der Waals surface area contributed by atoms with Gasteiger partial charge in [0.05, 0.1) is 5.69 Å². The van der Waals surface area contributed by atoms with Gasteiger partial charge in [-0.05, 0) is 20.8 Å². The average molecular weight is 364 g/mol. The summed E-state index contributed by atoms with van der Waals surface area (Å²) in [5.41, 5.74) is 0.916. The van der Waals surface area contributed by atoms with Crippen molar-refractivity contribution >= 4 is 29.9 Å². The highest BCUT2D eigenvalue weighted by Gasteiger charge is 2.04. The molecule has 0 atom stereocenters. The molecule has 2 N–H and O–H groups in total. The van der Waals surface area contributed by atoms with Gasteiger partial charge in [-0.15, -0.1) is 30.6 Å². The van der Waals surface area contributed by atoms with Gasteiger partial charge in [0.15, 0.2) is 5.96 Å². The molecular weight excluding hydrogens is 343 g/mol. The van der Waals surface area contributed by atoms with Gasteiger partial charge in [-0.3, -0.25) is 0 Å². The summed E-state index contributed by atoms with van der Waals surface area (Å²) >= 11 is 0. The third-order valence-electron chi connectivity index (χ3n) is 2.20. The molecule has 0 spiro atoms. The molecule has 5 nitrogen and oxygen atoms in total. The molecule has 1 heterocycles. The number of aliphatic imine (C=N–C) groups is 1. The van der Waals surface area contributed by atoms with Crippen molar-refractivity contribution in [1.29, 1.82) is 0 Å². The van der Waals surface area contributed by atoms with Gasteiger partial charge in [-0.25, -0.2) is 9.98 Å². The van der Waals surface area contributed by atoms with E-state index in [4.69, 9.17) is 4.42 Å². The van der Waals surface area contributed by atoms with E-state index in [2.05, 4.69) is 27.2 Å². The molecule has 0 aliphatic carbocycles. The fourth-order valence-corrected chi connectivity index (χ4v) is 1.26. The average Bonchev–Trinajstić information content (AvgIpc) is 2.62. The molecule has 102 valence electrons. The van der Waals surface area contributed by atoms with E-state index in [1.54, 1.807) is 6.08 Å². The van der Waals surface area contributed by atoms with Crippen LogP contribution >= 0.6 is 24.0 Å². The highest BCUT2D eigenvalue weighted by atomic mass is 127. The van der Waals surface area contributed by atoms with Gasteiger partial charge in [0.1, 0.15) is 12.3 Å². The molecule has 1 aromatic rings. The highest BCUT2D eigenvalue weighted by Crippen LogP contribution is 2.08. The topological polar surface area (TPSA) is 62.5 Å². The van der Waals surface area contributed by atoms with Gasteiger partial charge < -0.3 is 15.1 Å². The van der Waals surface area contributed by atoms with Crippen molar-refractivity contribution in [3.8, 4) is 0 Å². The van der Waals surface area contributed by atoms with Crippen molar-refractivity contribution < 1.29 is 4.42 Å². The maximum absolute atomic E-state index is 5.45. The zero-order valence-electron chi connectivity index (χ0n) is 11.1. The Bertz CT molecular complexity index is 381. The molecule has 1 aromatic heterocycles. The van der Waals surface area contributed by atoms with E-state index in [1.165, 1.54) is 0 Å². The Kier molecular flexibility index (Phi) is 8.43. The minimum absolute atomic E-state index is 0. The summed E-state index contributed by atoms with van der Waals surface area (Å²) in [4.78, 5) is 8.64. The van der Waals surface area contributed by atoms with E-state index in [9.17, 15) is 0 Å². The highest BCUT2D eigenvalue weighted by molar-refractivity contribution is 14.0. The number of nitrogens with zero attached hydrogens (tertiary/aromatic N) is 2. The lowest BCUT2D eigenvalue weighted by atomic mass is 10.4. The molecule has 0 aliphatic heterocycles. The van der Waals surface area contributed by atoms with Crippen LogP contribution in [0.5, 0.6) is 0 Å². The molecule has 0 saturated heterocycles. The first-order chi connectivity index (χ1) is 8.17. The van der Waals surface area contributed by atoms with Gasteiger partial charge >= 0.3 is 0 Å². The van der Waals surface area contributed by atoms with E-state index in [-0.39, 0.29) is 24.0 Å². The lowest BCUT2D eigenvalue weighted by molar-refractivity contribution is 0.473. The van der Waals surface area contributed by atoms with Crippen LogP contribution in [0.1, 0.15) is 24.3 Å². The fourth-order valence-electron chi connectivity index (χ4n) is 1.26. The van der Waals surface area contributed by atoms with E-state index in [1.807, 2.05) is 20.8 Å². The van der Waals surface area contributed by atoms with Crippen molar-refractivity contribution in [3.63, 3.8) is 0 Å². The summed E-state index contributed by atoms with van der Waals surface area (Å²) in [6.07, 6.45) is 1.78. The third kappa shape index (κ3) is 5.52. The largest absolute Gasteiger partial charge is 0.444 e. The number of aryl methyl sites for hydroxylation is 2. The summed E-state index contributed by atoms with van der Waals surface area (Å²) in [6, 6.07) is 0. The van der Waals surface area contributed by atoms with Crippen LogP contribution in [0.15, 0.2) is 22.1 Å². The number of aromatic nitrogens is 1. The predicted octanol–water partition coefficient (Wildman–Crippen LogP) is 2.15.